The number of hydrogen-bond donors (Lipinski definition) is 1. The van der Waals surface area contributed by atoms with Crippen LogP contribution in [0.5, 0.6) is 5.75 Å². The number of benzene rings is 2. The molecule has 2 heterocycles. The highest BCUT2D eigenvalue weighted by molar-refractivity contribution is 6.51. The number of aryl methyl sites for hydroxylation is 3. The molecular weight excluding hydrogens is 430 g/mol. The third kappa shape index (κ3) is 3.56. The summed E-state index contributed by atoms with van der Waals surface area (Å²) in [5, 5.41) is 11.6. The van der Waals surface area contributed by atoms with E-state index in [1.807, 2.05) is 13.0 Å². The molecule has 1 aliphatic rings. The Morgan fingerprint density at radius 1 is 1.06 bits per heavy atom. The molecule has 0 radical (unpaired) electrons. The first-order valence-electron chi connectivity index (χ1n) is 10.0. The van der Waals surface area contributed by atoms with Crippen LogP contribution in [-0.2, 0) is 9.59 Å². The first-order valence-corrected chi connectivity index (χ1v) is 10.4. The maximum Gasteiger partial charge on any atom is 0.300 e. The number of hydrogen-bond acceptors (Lipinski definition) is 5. The summed E-state index contributed by atoms with van der Waals surface area (Å²) in [5.41, 5.74) is 2.35. The predicted molar refractivity (Wildman–Crippen MR) is 122 cm³/mol. The Morgan fingerprint density at radius 3 is 2.44 bits per heavy atom. The van der Waals surface area contributed by atoms with E-state index in [4.69, 9.17) is 20.8 Å². The molecule has 32 heavy (non-hydrogen) atoms. The van der Waals surface area contributed by atoms with E-state index in [2.05, 4.69) is 0 Å². The Labute approximate surface area is 190 Å². The van der Waals surface area contributed by atoms with Crippen LogP contribution in [0.15, 0.2) is 58.5 Å². The molecule has 0 saturated carbocycles. The number of aliphatic hydroxyl groups is 1. The molecule has 1 fully saturated rings. The number of anilines is 1. The summed E-state index contributed by atoms with van der Waals surface area (Å²) >= 11 is 6.31. The van der Waals surface area contributed by atoms with E-state index in [1.54, 1.807) is 56.3 Å². The number of rotatable bonds is 4. The minimum absolute atomic E-state index is 0.0918. The van der Waals surface area contributed by atoms with Gasteiger partial charge in [-0.25, -0.2) is 0 Å². The Kier molecular flexibility index (Phi) is 5.57. The first-order chi connectivity index (χ1) is 15.2. The molecule has 3 aromatic rings. The van der Waals surface area contributed by atoms with E-state index in [0.717, 1.165) is 11.1 Å². The van der Waals surface area contributed by atoms with Crippen molar-refractivity contribution in [3.63, 3.8) is 0 Å². The molecule has 4 rings (SSSR count). The summed E-state index contributed by atoms with van der Waals surface area (Å²) < 4.78 is 11.2. The number of Topliss-reactive ketones (excluding diaryl/α,β-unsaturated/α-hetero) is 1. The minimum atomic E-state index is -0.950. The van der Waals surface area contributed by atoms with Gasteiger partial charge in [0.2, 0.25) is 0 Å². The number of halogens is 1. The number of carbonyl (C=O) groups excluding carboxylic acids is 2. The Balaban J connectivity index is 2.00. The van der Waals surface area contributed by atoms with Crippen LogP contribution in [0.25, 0.3) is 5.76 Å². The normalized spacial score (nSPS) is 17.8. The second-order valence-electron chi connectivity index (χ2n) is 7.78. The molecule has 6 nitrogen and oxygen atoms in total. The van der Waals surface area contributed by atoms with Crippen LogP contribution >= 0.6 is 11.6 Å². The number of carbonyl (C=O) groups is 2. The summed E-state index contributed by atoms with van der Waals surface area (Å²) in [4.78, 5) is 27.7. The molecule has 1 aromatic heterocycles. The summed E-state index contributed by atoms with van der Waals surface area (Å²) in [6.07, 6.45) is 0. The lowest BCUT2D eigenvalue weighted by molar-refractivity contribution is -0.132. The highest BCUT2D eigenvalue weighted by Crippen LogP contribution is 2.44. The van der Waals surface area contributed by atoms with Gasteiger partial charge < -0.3 is 14.3 Å². The SMILES string of the molecule is COc1c(Cl)cc(C)cc1/C(O)=C1\C(=O)C(=O)N(c2cccc(C)c2)C1c1ccc(C)o1. The van der Waals surface area contributed by atoms with Gasteiger partial charge in [0.25, 0.3) is 11.7 Å². The largest absolute Gasteiger partial charge is 0.507 e. The maximum atomic E-state index is 13.2. The molecule has 0 aliphatic carbocycles. The van der Waals surface area contributed by atoms with Crippen molar-refractivity contribution in [1.29, 1.82) is 0 Å². The van der Waals surface area contributed by atoms with Gasteiger partial charge in [0.15, 0.2) is 0 Å². The molecule has 7 heteroatoms. The van der Waals surface area contributed by atoms with Crippen LogP contribution in [0.1, 0.15) is 34.3 Å². The van der Waals surface area contributed by atoms with Gasteiger partial charge in [-0.05, 0) is 68.3 Å². The van der Waals surface area contributed by atoms with Crippen LogP contribution in [0.3, 0.4) is 0 Å². The minimum Gasteiger partial charge on any atom is -0.507 e. The molecule has 1 unspecified atom stereocenters. The zero-order chi connectivity index (χ0) is 23.2. The number of methoxy groups -OCH3 is 1. The second kappa shape index (κ2) is 8.20. The first kappa shape index (κ1) is 21.7. The van der Waals surface area contributed by atoms with Crippen molar-refractivity contribution in [1.82, 2.24) is 0 Å². The van der Waals surface area contributed by atoms with Gasteiger partial charge in [0.1, 0.15) is 29.1 Å². The zero-order valence-electron chi connectivity index (χ0n) is 18.1. The van der Waals surface area contributed by atoms with Crippen LogP contribution < -0.4 is 9.64 Å². The monoisotopic (exact) mass is 451 g/mol. The smallest absolute Gasteiger partial charge is 0.300 e. The predicted octanol–water partition coefficient (Wildman–Crippen LogP) is 5.49. The number of amides is 1. The van der Waals surface area contributed by atoms with Crippen LogP contribution in [0.2, 0.25) is 5.02 Å². The van der Waals surface area contributed by atoms with Gasteiger partial charge in [0.05, 0.1) is 23.3 Å². The third-order valence-electron chi connectivity index (χ3n) is 5.40. The van der Waals surface area contributed by atoms with E-state index in [-0.39, 0.29) is 27.7 Å². The Hall–Kier alpha value is -3.51. The van der Waals surface area contributed by atoms with Crippen LogP contribution in [0, 0.1) is 20.8 Å². The molecule has 1 N–H and O–H groups in total. The van der Waals surface area contributed by atoms with Gasteiger partial charge in [0, 0.05) is 5.69 Å². The molecule has 2 aromatic carbocycles. The van der Waals surface area contributed by atoms with Crippen LogP contribution in [0.4, 0.5) is 5.69 Å². The molecule has 1 atom stereocenters. The Bertz CT molecular complexity index is 1270. The third-order valence-corrected chi connectivity index (χ3v) is 5.68. The number of furan rings is 1. The molecule has 164 valence electrons. The standard InChI is InChI=1S/C25H22ClNO5/c1-13-6-5-7-16(10-13)27-21(19-9-8-15(3)32-19)20(23(29)25(27)30)22(28)17-11-14(2)12-18(26)24(17)31-4/h5-12,21,28H,1-4H3/b22-20+. The maximum absolute atomic E-state index is 13.2. The molecular formula is C25H22ClNO5. The average Bonchev–Trinajstić information content (AvgIpc) is 3.28. The quantitative estimate of drug-likeness (QED) is 0.322. The van der Waals surface area contributed by atoms with E-state index >= 15 is 0 Å². The van der Waals surface area contributed by atoms with Crippen molar-refractivity contribution >= 4 is 34.7 Å². The van der Waals surface area contributed by atoms with Crippen molar-refractivity contribution in [2.75, 3.05) is 12.0 Å². The van der Waals surface area contributed by atoms with E-state index in [9.17, 15) is 14.7 Å². The van der Waals surface area contributed by atoms with Crippen molar-refractivity contribution in [3.05, 3.63) is 87.3 Å². The van der Waals surface area contributed by atoms with E-state index in [0.29, 0.717) is 17.2 Å². The van der Waals surface area contributed by atoms with Gasteiger partial charge in [-0.3, -0.25) is 14.5 Å². The number of aliphatic hydroxyl groups excluding tert-OH is 1. The molecule has 0 bridgehead atoms. The number of nitrogens with zero attached hydrogens (tertiary/aromatic N) is 1. The van der Waals surface area contributed by atoms with Gasteiger partial charge in [-0.1, -0.05) is 23.7 Å². The lowest BCUT2D eigenvalue weighted by atomic mass is 9.97. The summed E-state index contributed by atoms with van der Waals surface area (Å²) in [7, 11) is 1.42. The van der Waals surface area contributed by atoms with Crippen molar-refractivity contribution < 1.29 is 23.8 Å². The summed E-state index contributed by atoms with van der Waals surface area (Å²) in [5.74, 6) is -0.754. The zero-order valence-corrected chi connectivity index (χ0v) is 18.9. The van der Waals surface area contributed by atoms with Gasteiger partial charge >= 0.3 is 0 Å². The molecule has 1 aliphatic heterocycles. The van der Waals surface area contributed by atoms with E-state index in [1.165, 1.54) is 12.0 Å². The molecule has 1 amide bonds. The average molecular weight is 452 g/mol. The fraction of sp³-hybridized carbons (Fsp3) is 0.200. The number of ketones is 1. The lowest BCUT2D eigenvalue weighted by Gasteiger charge is -2.24. The highest BCUT2D eigenvalue weighted by Gasteiger charge is 2.48. The van der Waals surface area contributed by atoms with Crippen molar-refractivity contribution in [2.24, 2.45) is 0 Å². The second-order valence-corrected chi connectivity index (χ2v) is 8.19. The summed E-state index contributed by atoms with van der Waals surface area (Å²) in [6, 6.07) is 13.1. The summed E-state index contributed by atoms with van der Waals surface area (Å²) in [6.45, 7) is 5.47. The van der Waals surface area contributed by atoms with E-state index < -0.39 is 17.7 Å². The van der Waals surface area contributed by atoms with Crippen molar-refractivity contribution in [3.8, 4) is 5.75 Å². The Morgan fingerprint density at radius 2 is 1.81 bits per heavy atom. The lowest BCUT2D eigenvalue weighted by Crippen LogP contribution is -2.29. The molecule has 0 spiro atoms. The molecule has 1 saturated heterocycles. The fourth-order valence-corrected chi connectivity index (χ4v) is 4.35. The highest BCUT2D eigenvalue weighted by atomic mass is 35.5. The fourth-order valence-electron chi connectivity index (χ4n) is 4.00. The van der Waals surface area contributed by atoms with Crippen LogP contribution in [-0.4, -0.2) is 23.9 Å². The van der Waals surface area contributed by atoms with Gasteiger partial charge in [-0.15, -0.1) is 0 Å². The van der Waals surface area contributed by atoms with Gasteiger partial charge in [-0.2, -0.15) is 0 Å². The topological polar surface area (TPSA) is 80.0 Å². The van der Waals surface area contributed by atoms with Crippen molar-refractivity contribution in [2.45, 2.75) is 26.8 Å². The number of ether oxygens (including phenoxy) is 1.